The van der Waals surface area contributed by atoms with Gasteiger partial charge in [-0.3, -0.25) is 0 Å². The molecule has 1 saturated heterocycles. The van der Waals surface area contributed by atoms with Gasteiger partial charge in [-0.05, 0) is 36.6 Å². The Labute approximate surface area is 159 Å². The summed E-state index contributed by atoms with van der Waals surface area (Å²) in [5.41, 5.74) is 6.53. The summed E-state index contributed by atoms with van der Waals surface area (Å²) in [7, 11) is 0. The maximum atomic E-state index is 5.74. The number of pyridine rings is 1. The highest BCUT2D eigenvalue weighted by molar-refractivity contribution is 7.98. The Balaban J connectivity index is 1.80. The van der Waals surface area contributed by atoms with Crippen LogP contribution in [0.1, 0.15) is 17.5 Å². The van der Waals surface area contributed by atoms with Gasteiger partial charge in [-0.1, -0.05) is 11.8 Å². The molecule has 0 amide bonds. The van der Waals surface area contributed by atoms with E-state index in [0.29, 0.717) is 5.82 Å². The number of morpholine rings is 1. The van der Waals surface area contributed by atoms with E-state index in [0.717, 1.165) is 65.2 Å². The third-order valence-electron chi connectivity index (χ3n) is 5.12. The number of hydrazine groups is 1. The van der Waals surface area contributed by atoms with Gasteiger partial charge in [-0.25, -0.2) is 20.8 Å². The van der Waals surface area contributed by atoms with Crippen LogP contribution in [0.3, 0.4) is 0 Å². The Kier molecular flexibility index (Phi) is 4.11. The number of aromatic nitrogens is 3. The minimum absolute atomic E-state index is 0.682. The van der Waals surface area contributed by atoms with E-state index in [-0.39, 0.29) is 0 Å². The molecule has 0 unspecified atom stereocenters. The molecule has 1 fully saturated rings. The SMILES string of the molecule is CSc1nc(NN)c2sc3nc(N4CCOCC4)c4c(c3c2n1)CCC4. The number of hydrogen-bond donors (Lipinski definition) is 2. The molecular weight excluding hydrogens is 368 g/mol. The molecule has 5 rings (SSSR count). The van der Waals surface area contributed by atoms with Gasteiger partial charge in [0.2, 0.25) is 0 Å². The van der Waals surface area contributed by atoms with Crippen molar-refractivity contribution >= 4 is 55.2 Å². The van der Waals surface area contributed by atoms with Crippen LogP contribution in [0.2, 0.25) is 0 Å². The largest absolute Gasteiger partial charge is 0.378 e. The van der Waals surface area contributed by atoms with E-state index in [1.807, 2.05) is 6.26 Å². The van der Waals surface area contributed by atoms with Gasteiger partial charge in [0.1, 0.15) is 10.6 Å². The highest BCUT2D eigenvalue weighted by atomic mass is 32.2. The third-order valence-corrected chi connectivity index (χ3v) is 6.75. The quantitative estimate of drug-likeness (QED) is 0.306. The van der Waals surface area contributed by atoms with E-state index in [9.17, 15) is 0 Å². The van der Waals surface area contributed by atoms with E-state index in [4.69, 9.17) is 20.5 Å². The molecule has 7 nitrogen and oxygen atoms in total. The monoisotopic (exact) mass is 388 g/mol. The highest BCUT2D eigenvalue weighted by Gasteiger charge is 2.27. The summed E-state index contributed by atoms with van der Waals surface area (Å²) in [5, 5.41) is 1.93. The molecule has 0 bridgehead atoms. The second kappa shape index (κ2) is 6.49. The lowest BCUT2D eigenvalue weighted by molar-refractivity contribution is 0.122. The smallest absolute Gasteiger partial charge is 0.189 e. The van der Waals surface area contributed by atoms with Crippen molar-refractivity contribution in [3.05, 3.63) is 11.1 Å². The average molecular weight is 389 g/mol. The molecule has 0 saturated carbocycles. The van der Waals surface area contributed by atoms with E-state index in [1.165, 1.54) is 34.7 Å². The summed E-state index contributed by atoms with van der Waals surface area (Å²) in [4.78, 5) is 17.8. The summed E-state index contributed by atoms with van der Waals surface area (Å²) in [6.45, 7) is 3.35. The van der Waals surface area contributed by atoms with Crippen molar-refractivity contribution in [2.75, 3.05) is 42.9 Å². The predicted octanol–water partition coefficient (Wildman–Crippen LogP) is 2.57. The zero-order valence-electron chi connectivity index (χ0n) is 14.5. The predicted molar refractivity (Wildman–Crippen MR) is 107 cm³/mol. The van der Waals surface area contributed by atoms with Gasteiger partial charge in [0.25, 0.3) is 0 Å². The van der Waals surface area contributed by atoms with E-state index >= 15 is 0 Å². The first kappa shape index (κ1) is 16.5. The molecule has 2 aliphatic rings. The summed E-state index contributed by atoms with van der Waals surface area (Å²) in [6, 6.07) is 0. The molecule has 3 aromatic heterocycles. The first-order chi connectivity index (χ1) is 12.8. The molecule has 26 heavy (non-hydrogen) atoms. The van der Waals surface area contributed by atoms with Crippen LogP contribution in [-0.2, 0) is 17.6 Å². The molecular formula is C17H20N6OS2. The van der Waals surface area contributed by atoms with Gasteiger partial charge in [0.15, 0.2) is 11.0 Å². The molecule has 0 aromatic carbocycles. The van der Waals surface area contributed by atoms with Crippen LogP contribution in [0.4, 0.5) is 11.6 Å². The highest BCUT2D eigenvalue weighted by Crippen LogP contribution is 2.43. The standard InChI is InChI=1S/C17H20N6OS2/c1-25-17-19-12-11-9-3-2-4-10(9)15(23-5-7-24-8-6-23)21-16(11)26-13(12)14(20-17)22-18/h2-8,18H2,1H3,(H,19,20,22). The Morgan fingerprint density at radius 1 is 1.15 bits per heavy atom. The first-order valence-corrected chi connectivity index (χ1v) is 10.8. The number of fused-ring (bicyclic) bond motifs is 5. The zero-order chi connectivity index (χ0) is 17.7. The number of nitrogens with zero attached hydrogens (tertiary/aromatic N) is 4. The Morgan fingerprint density at radius 3 is 2.73 bits per heavy atom. The van der Waals surface area contributed by atoms with Crippen molar-refractivity contribution in [1.82, 2.24) is 15.0 Å². The molecule has 1 aliphatic carbocycles. The van der Waals surface area contributed by atoms with Crippen LogP contribution in [0, 0.1) is 0 Å². The molecule has 0 atom stereocenters. The second-order valence-corrected chi connectivity index (χ2v) is 8.28. The Bertz CT molecular complexity index is 998. The van der Waals surface area contributed by atoms with Crippen molar-refractivity contribution in [2.45, 2.75) is 24.4 Å². The van der Waals surface area contributed by atoms with Crippen LogP contribution in [0.5, 0.6) is 0 Å². The summed E-state index contributed by atoms with van der Waals surface area (Å²) in [5.74, 6) is 7.56. The number of aryl methyl sites for hydroxylation is 1. The molecule has 3 aromatic rings. The lowest BCUT2D eigenvalue weighted by Gasteiger charge is -2.29. The fraction of sp³-hybridized carbons (Fsp3) is 0.471. The van der Waals surface area contributed by atoms with Crippen molar-refractivity contribution in [1.29, 1.82) is 0 Å². The molecule has 4 heterocycles. The minimum atomic E-state index is 0.682. The fourth-order valence-corrected chi connectivity index (χ4v) is 5.41. The van der Waals surface area contributed by atoms with Crippen molar-refractivity contribution in [2.24, 2.45) is 5.84 Å². The number of thioether (sulfide) groups is 1. The Hall–Kier alpha value is -1.68. The number of nitrogens with two attached hydrogens (primary N) is 1. The molecule has 0 radical (unpaired) electrons. The molecule has 1 aliphatic heterocycles. The van der Waals surface area contributed by atoms with Crippen LogP contribution in [0.25, 0.3) is 20.4 Å². The summed E-state index contributed by atoms with van der Waals surface area (Å²) >= 11 is 3.16. The first-order valence-electron chi connectivity index (χ1n) is 8.79. The number of rotatable bonds is 3. The molecule has 0 spiro atoms. The van der Waals surface area contributed by atoms with E-state index in [1.54, 1.807) is 11.3 Å². The maximum Gasteiger partial charge on any atom is 0.189 e. The summed E-state index contributed by atoms with van der Waals surface area (Å²) in [6.07, 6.45) is 5.33. The summed E-state index contributed by atoms with van der Waals surface area (Å²) < 4.78 is 6.51. The van der Waals surface area contributed by atoms with Gasteiger partial charge in [-0.15, -0.1) is 11.3 Å². The van der Waals surface area contributed by atoms with Gasteiger partial charge in [0.05, 0.1) is 23.4 Å². The maximum absolute atomic E-state index is 5.74. The van der Waals surface area contributed by atoms with Crippen LogP contribution in [-0.4, -0.2) is 47.5 Å². The van der Waals surface area contributed by atoms with Crippen molar-refractivity contribution in [3.8, 4) is 0 Å². The van der Waals surface area contributed by atoms with Crippen molar-refractivity contribution < 1.29 is 4.74 Å². The Morgan fingerprint density at radius 2 is 1.96 bits per heavy atom. The number of thiophene rings is 1. The van der Waals surface area contributed by atoms with E-state index in [2.05, 4.69) is 15.3 Å². The van der Waals surface area contributed by atoms with Gasteiger partial charge in [-0.2, -0.15) is 0 Å². The zero-order valence-corrected chi connectivity index (χ0v) is 16.2. The lowest BCUT2D eigenvalue weighted by atomic mass is 10.1. The fourth-order valence-electron chi connectivity index (χ4n) is 3.95. The van der Waals surface area contributed by atoms with Gasteiger partial charge < -0.3 is 15.1 Å². The molecule has 3 N–H and O–H groups in total. The van der Waals surface area contributed by atoms with Crippen molar-refractivity contribution in [3.63, 3.8) is 0 Å². The lowest BCUT2D eigenvalue weighted by Crippen LogP contribution is -2.37. The number of nitrogens with one attached hydrogen (secondary N) is 1. The molecule has 136 valence electrons. The van der Waals surface area contributed by atoms with Crippen LogP contribution in [0.15, 0.2) is 5.16 Å². The van der Waals surface area contributed by atoms with E-state index < -0.39 is 0 Å². The normalized spacial score (nSPS) is 17.2. The second-order valence-electron chi connectivity index (χ2n) is 6.51. The topological polar surface area (TPSA) is 89.2 Å². The van der Waals surface area contributed by atoms with Crippen LogP contribution >= 0.6 is 23.1 Å². The minimum Gasteiger partial charge on any atom is -0.378 e. The van der Waals surface area contributed by atoms with Crippen LogP contribution < -0.4 is 16.2 Å². The van der Waals surface area contributed by atoms with Gasteiger partial charge >= 0.3 is 0 Å². The molecule has 9 heteroatoms. The average Bonchev–Trinajstić information content (AvgIpc) is 3.31. The number of nitrogen functional groups attached to an aromatic ring is 1. The van der Waals surface area contributed by atoms with Gasteiger partial charge in [0, 0.05) is 18.5 Å². The number of anilines is 2. The third kappa shape index (κ3) is 2.45. The number of ether oxygens (including phenoxy) is 1. The number of hydrogen-bond acceptors (Lipinski definition) is 9.